The number of imidazole rings is 1. The normalized spacial score (nSPS) is 11.3. The van der Waals surface area contributed by atoms with Gasteiger partial charge in [-0.1, -0.05) is 35.9 Å². The van der Waals surface area contributed by atoms with E-state index in [1.54, 1.807) is 12.1 Å². The third kappa shape index (κ3) is 4.43. The van der Waals surface area contributed by atoms with Crippen molar-refractivity contribution in [2.45, 2.75) is 13.0 Å². The number of benzene rings is 3. The van der Waals surface area contributed by atoms with Crippen LogP contribution < -0.4 is 15.9 Å². The van der Waals surface area contributed by atoms with Crippen LogP contribution in [0.5, 0.6) is 5.75 Å². The first-order valence-electron chi connectivity index (χ1n) is 9.48. The number of para-hydroxylation sites is 2. The Bertz CT molecular complexity index is 1280. The van der Waals surface area contributed by atoms with E-state index >= 15 is 0 Å². The fourth-order valence-corrected chi connectivity index (χ4v) is 3.47. The smallest absolute Gasteiger partial charge is 0.272 e. The van der Waals surface area contributed by atoms with Crippen LogP contribution in [0.4, 0.5) is 23.5 Å². The van der Waals surface area contributed by atoms with Crippen molar-refractivity contribution in [1.82, 2.24) is 9.66 Å². The van der Waals surface area contributed by atoms with Gasteiger partial charge in [-0.2, -0.15) is 0 Å². The quantitative estimate of drug-likeness (QED) is 0.276. The van der Waals surface area contributed by atoms with Gasteiger partial charge in [-0.3, -0.25) is 0 Å². The molecule has 1 aromatic heterocycles. The molecule has 166 valence electrons. The van der Waals surface area contributed by atoms with Crippen LogP contribution in [0.15, 0.2) is 54.6 Å². The van der Waals surface area contributed by atoms with Crippen molar-refractivity contribution in [1.29, 1.82) is 0 Å². The van der Waals surface area contributed by atoms with Gasteiger partial charge >= 0.3 is 0 Å². The standard InChI is InChI=1S/C22H17ClF4N4O/c23-14-8-15(21(17(25)9-14)32-11-20(26)27)12-5-6-13(16(24)7-12)10-29-22-30-18-3-1-2-4-19(18)31(22)28/h1-9,20H,10-11,28H2,(H,29,30). The number of nitrogen functional groups attached to an aromatic ring is 1. The Kier molecular flexibility index (Phi) is 6.09. The molecular formula is C22H17ClF4N4O. The minimum absolute atomic E-state index is 0.0231. The van der Waals surface area contributed by atoms with Gasteiger partial charge in [0.15, 0.2) is 11.6 Å². The van der Waals surface area contributed by atoms with Crippen LogP contribution in [0, 0.1) is 11.6 Å². The summed E-state index contributed by atoms with van der Waals surface area (Å²) in [7, 11) is 0. The molecule has 0 aliphatic carbocycles. The number of anilines is 1. The number of hydrogen-bond acceptors (Lipinski definition) is 4. The van der Waals surface area contributed by atoms with Gasteiger partial charge in [0.1, 0.15) is 12.4 Å². The summed E-state index contributed by atoms with van der Waals surface area (Å²) in [6.07, 6.45) is -2.80. The first-order chi connectivity index (χ1) is 15.3. The van der Waals surface area contributed by atoms with E-state index in [9.17, 15) is 17.6 Å². The van der Waals surface area contributed by atoms with E-state index in [-0.39, 0.29) is 22.7 Å². The molecule has 1 heterocycles. The monoisotopic (exact) mass is 464 g/mol. The molecule has 0 saturated carbocycles. The summed E-state index contributed by atoms with van der Waals surface area (Å²) in [5.41, 5.74) is 1.98. The Morgan fingerprint density at radius 1 is 1.06 bits per heavy atom. The van der Waals surface area contributed by atoms with E-state index in [2.05, 4.69) is 10.3 Å². The zero-order chi connectivity index (χ0) is 22.8. The molecular weight excluding hydrogens is 448 g/mol. The van der Waals surface area contributed by atoms with E-state index in [1.807, 2.05) is 12.1 Å². The van der Waals surface area contributed by atoms with Crippen molar-refractivity contribution in [3.63, 3.8) is 0 Å². The van der Waals surface area contributed by atoms with Crippen LogP contribution in [0.1, 0.15) is 5.56 Å². The van der Waals surface area contributed by atoms with Crippen LogP contribution in [0.3, 0.4) is 0 Å². The maximum atomic E-state index is 14.8. The number of rotatable bonds is 7. The molecule has 0 saturated heterocycles. The molecule has 0 fully saturated rings. The Hall–Kier alpha value is -3.46. The number of nitrogens with two attached hydrogens (primary N) is 1. The third-order valence-corrected chi connectivity index (χ3v) is 4.98. The predicted molar refractivity (Wildman–Crippen MR) is 116 cm³/mol. The molecule has 3 aromatic carbocycles. The average Bonchev–Trinajstić information content (AvgIpc) is 3.07. The van der Waals surface area contributed by atoms with E-state index in [1.165, 1.54) is 22.9 Å². The molecule has 0 atom stereocenters. The number of alkyl halides is 2. The molecule has 0 amide bonds. The predicted octanol–water partition coefficient (Wildman–Crippen LogP) is 5.60. The highest BCUT2D eigenvalue weighted by molar-refractivity contribution is 6.31. The second-order valence-electron chi connectivity index (χ2n) is 6.92. The fraction of sp³-hybridized carbons (Fsp3) is 0.136. The van der Waals surface area contributed by atoms with E-state index in [0.717, 1.165) is 12.1 Å². The molecule has 10 heteroatoms. The SMILES string of the molecule is Nn1c(NCc2ccc(-c3cc(Cl)cc(F)c3OCC(F)F)cc2F)nc2ccccc21. The Morgan fingerprint density at radius 3 is 2.56 bits per heavy atom. The van der Waals surface area contributed by atoms with E-state index in [4.69, 9.17) is 22.2 Å². The van der Waals surface area contributed by atoms with E-state index < -0.39 is 30.4 Å². The van der Waals surface area contributed by atoms with Crippen molar-refractivity contribution >= 4 is 28.6 Å². The fourth-order valence-electron chi connectivity index (χ4n) is 3.27. The van der Waals surface area contributed by atoms with Crippen molar-refractivity contribution < 1.29 is 22.3 Å². The van der Waals surface area contributed by atoms with Crippen LogP contribution in [0.2, 0.25) is 5.02 Å². The molecule has 4 rings (SSSR count). The van der Waals surface area contributed by atoms with Gasteiger partial charge in [-0.25, -0.2) is 27.2 Å². The Labute approximate surface area is 185 Å². The zero-order valence-electron chi connectivity index (χ0n) is 16.5. The van der Waals surface area contributed by atoms with Crippen molar-refractivity contribution in [2.24, 2.45) is 0 Å². The number of ether oxygens (including phenoxy) is 1. The second kappa shape index (κ2) is 8.96. The lowest BCUT2D eigenvalue weighted by Crippen LogP contribution is -2.14. The molecule has 3 N–H and O–H groups in total. The van der Waals surface area contributed by atoms with Gasteiger partial charge in [-0.05, 0) is 35.9 Å². The van der Waals surface area contributed by atoms with Gasteiger partial charge in [0.25, 0.3) is 6.43 Å². The molecule has 0 bridgehead atoms. The van der Waals surface area contributed by atoms with E-state index in [0.29, 0.717) is 22.5 Å². The lowest BCUT2D eigenvalue weighted by atomic mass is 10.0. The van der Waals surface area contributed by atoms with Crippen molar-refractivity contribution in [3.8, 4) is 16.9 Å². The van der Waals surface area contributed by atoms with Crippen LogP contribution in [0.25, 0.3) is 22.2 Å². The van der Waals surface area contributed by atoms with Gasteiger partial charge in [0.2, 0.25) is 5.95 Å². The lowest BCUT2D eigenvalue weighted by Gasteiger charge is -2.14. The topological polar surface area (TPSA) is 65.1 Å². The number of nitrogens with one attached hydrogen (secondary N) is 1. The Balaban J connectivity index is 1.59. The summed E-state index contributed by atoms with van der Waals surface area (Å²) in [4.78, 5) is 4.36. The number of nitrogens with zero attached hydrogens (tertiary/aromatic N) is 2. The molecule has 5 nitrogen and oxygen atoms in total. The summed E-state index contributed by atoms with van der Waals surface area (Å²) in [6.45, 7) is -0.929. The summed E-state index contributed by atoms with van der Waals surface area (Å²) < 4.78 is 60.5. The molecule has 32 heavy (non-hydrogen) atoms. The van der Waals surface area contributed by atoms with Crippen molar-refractivity contribution in [3.05, 3.63) is 76.8 Å². The number of halogens is 5. The minimum Gasteiger partial charge on any atom is -0.484 e. The van der Waals surface area contributed by atoms with Gasteiger partial charge in [0, 0.05) is 22.7 Å². The molecule has 0 aliphatic heterocycles. The van der Waals surface area contributed by atoms with Gasteiger partial charge < -0.3 is 15.9 Å². The molecule has 4 aromatic rings. The highest BCUT2D eigenvalue weighted by Crippen LogP contribution is 2.36. The number of fused-ring (bicyclic) bond motifs is 1. The molecule has 0 spiro atoms. The first kappa shape index (κ1) is 21.8. The summed E-state index contributed by atoms with van der Waals surface area (Å²) in [6, 6.07) is 13.7. The molecule has 0 radical (unpaired) electrons. The highest BCUT2D eigenvalue weighted by atomic mass is 35.5. The largest absolute Gasteiger partial charge is 0.484 e. The van der Waals surface area contributed by atoms with Gasteiger partial charge in [-0.15, -0.1) is 0 Å². The number of aromatic nitrogens is 2. The first-order valence-corrected chi connectivity index (χ1v) is 9.86. The second-order valence-corrected chi connectivity index (χ2v) is 7.36. The van der Waals surface area contributed by atoms with Crippen LogP contribution >= 0.6 is 11.6 Å². The van der Waals surface area contributed by atoms with Crippen molar-refractivity contribution in [2.75, 3.05) is 17.8 Å². The minimum atomic E-state index is -2.80. The Morgan fingerprint density at radius 2 is 1.84 bits per heavy atom. The molecule has 0 unspecified atom stereocenters. The lowest BCUT2D eigenvalue weighted by molar-refractivity contribution is 0.0802. The number of hydrogen-bond donors (Lipinski definition) is 2. The van der Waals surface area contributed by atoms with Crippen LogP contribution in [-0.4, -0.2) is 22.7 Å². The zero-order valence-corrected chi connectivity index (χ0v) is 17.2. The average molecular weight is 465 g/mol. The highest BCUT2D eigenvalue weighted by Gasteiger charge is 2.17. The summed E-state index contributed by atoms with van der Waals surface area (Å²) in [5, 5.41) is 3.00. The summed E-state index contributed by atoms with van der Waals surface area (Å²) >= 11 is 5.90. The summed E-state index contributed by atoms with van der Waals surface area (Å²) in [5.74, 6) is 4.44. The van der Waals surface area contributed by atoms with Gasteiger partial charge in [0.05, 0.1) is 11.0 Å². The van der Waals surface area contributed by atoms with Crippen LogP contribution in [-0.2, 0) is 6.54 Å². The molecule has 0 aliphatic rings. The maximum Gasteiger partial charge on any atom is 0.272 e. The maximum absolute atomic E-state index is 14.8. The third-order valence-electron chi connectivity index (χ3n) is 4.76.